The third-order valence-corrected chi connectivity index (χ3v) is 2.95. The molecule has 0 bridgehead atoms. The maximum Gasteiger partial charge on any atom is 0.137 e. The van der Waals surface area contributed by atoms with Gasteiger partial charge in [-0.15, -0.1) is 5.10 Å². The van der Waals surface area contributed by atoms with Crippen molar-refractivity contribution in [2.75, 3.05) is 5.32 Å². The SMILES string of the molecule is c1cn(-c2ccc(NCc3csnn3)cn2)cn1. The normalized spacial score (nSPS) is 10.4. The number of anilines is 1. The topological polar surface area (TPSA) is 68.5 Å². The second kappa shape index (κ2) is 4.92. The first-order chi connectivity index (χ1) is 8.92. The number of nitrogens with zero attached hydrogens (tertiary/aromatic N) is 5. The summed E-state index contributed by atoms with van der Waals surface area (Å²) >= 11 is 1.35. The average molecular weight is 258 g/mol. The van der Waals surface area contributed by atoms with Crippen LogP contribution in [0.1, 0.15) is 5.69 Å². The van der Waals surface area contributed by atoms with E-state index in [1.54, 1.807) is 18.7 Å². The standard InChI is InChI=1S/C11H10N6S/c1-2-11(17-4-3-12-8-17)14-5-9(1)13-6-10-7-18-16-15-10/h1-5,7-8,13H,6H2. The van der Waals surface area contributed by atoms with Gasteiger partial charge >= 0.3 is 0 Å². The first kappa shape index (κ1) is 10.8. The molecular weight excluding hydrogens is 248 g/mol. The summed E-state index contributed by atoms with van der Waals surface area (Å²) in [5, 5.41) is 9.12. The third kappa shape index (κ3) is 2.35. The second-order valence-corrected chi connectivity index (χ2v) is 4.23. The van der Waals surface area contributed by atoms with Gasteiger partial charge < -0.3 is 5.32 Å². The number of nitrogens with one attached hydrogen (secondary N) is 1. The van der Waals surface area contributed by atoms with E-state index < -0.39 is 0 Å². The zero-order valence-corrected chi connectivity index (χ0v) is 10.2. The smallest absolute Gasteiger partial charge is 0.137 e. The lowest BCUT2D eigenvalue weighted by Gasteiger charge is -2.05. The Morgan fingerprint density at radius 3 is 3.00 bits per heavy atom. The van der Waals surface area contributed by atoms with Gasteiger partial charge in [0.15, 0.2) is 0 Å². The van der Waals surface area contributed by atoms with Crippen molar-refractivity contribution in [3.8, 4) is 5.82 Å². The van der Waals surface area contributed by atoms with E-state index >= 15 is 0 Å². The van der Waals surface area contributed by atoms with E-state index in [0.717, 1.165) is 17.2 Å². The van der Waals surface area contributed by atoms with Gasteiger partial charge in [-0.25, -0.2) is 9.97 Å². The lowest BCUT2D eigenvalue weighted by Crippen LogP contribution is -2.01. The molecule has 0 aliphatic carbocycles. The van der Waals surface area contributed by atoms with Crippen LogP contribution in [0.2, 0.25) is 0 Å². The lowest BCUT2D eigenvalue weighted by atomic mass is 10.4. The fourth-order valence-corrected chi connectivity index (χ4v) is 1.94. The van der Waals surface area contributed by atoms with Gasteiger partial charge in [0, 0.05) is 17.8 Å². The molecule has 0 spiro atoms. The molecule has 7 heteroatoms. The lowest BCUT2D eigenvalue weighted by molar-refractivity contribution is 0.979. The minimum absolute atomic E-state index is 0.655. The van der Waals surface area contributed by atoms with Gasteiger partial charge in [0.25, 0.3) is 0 Å². The molecule has 0 saturated heterocycles. The highest BCUT2D eigenvalue weighted by atomic mass is 32.1. The van der Waals surface area contributed by atoms with Crippen molar-refractivity contribution in [3.05, 3.63) is 48.1 Å². The molecule has 0 amide bonds. The van der Waals surface area contributed by atoms with Crippen molar-refractivity contribution in [2.45, 2.75) is 6.54 Å². The summed E-state index contributed by atoms with van der Waals surface area (Å²) < 4.78 is 5.66. The van der Waals surface area contributed by atoms with Crippen molar-refractivity contribution >= 4 is 17.2 Å². The Bertz CT molecular complexity index is 587. The second-order valence-electron chi connectivity index (χ2n) is 3.62. The minimum Gasteiger partial charge on any atom is -0.378 e. The quantitative estimate of drug-likeness (QED) is 0.772. The average Bonchev–Trinajstić information content (AvgIpc) is 3.10. The van der Waals surface area contributed by atoms with Crippen molar-refractivity contribution in [1.82, 2.24) is 24.1 Å². The number of imidazole rings is 1. The molecule has 3 heterocycles. The van der Waals surface area contributed by atoms with Gasteiger partial charge in [0.05, 0.1) is 24.1 Å². The monoisotopic (exact) mass is 258 g/mol. The molecule has 1 N–H and O–H groups in total. The summed E-state index contributed by atoms with van der Waals surface area (Å²) in [6, 6.07) is 3.91. The molecule has 0 radical (unpaired) electrons. The summed E-state index contributed by atoms with van der Waals surface area (Å²) in [5.41, 5.74) is 1.88. The molecule has 18 heavy (non-hydrogen) atoms. The molecule has 3 rings (SSSR count). The van der Waals surface area contributed by atoms with E-state index in [9.17, 15) is 0 Å². The van der Waals surface area contributed by atoms with Crippen LogP contribution in [0.25, 0.3) is 5.82 Å². The first-order valence-corrected chi connectivity index (χ1v) is 6.20. The van der Waals surface area contributed by atoms with Gasteiger partial charge in [-0.3, -0.25) is 4.57 Å². The summed E-state index contributed by atoms with van der Waals surface area (Å²) in [6.45, 7) is 0.655. The molecule has 90 valence electrons. The highest BCUT2D eigenvalue weighted by Gasteiger charge is 1.99. The van der Waals surface area contributed by atoms with Crippen LogP contribution in [-0.2, 0) is 6.54 Å². The zero-order valence-electron chi connectivity index (χ0n) is 9.39. The summed E-state index contributed by atoms with van der Waals surface area (Å²) in [7, 11) is 0. The third-order valence-electron chi connectivity index (χ3n) is 2.40. The van der Waals surface area contributed by atoms with E-state index in [2.05, 4.69) is 24.9 Å². The van der Waals surface area contributed by atoms with Crippen LogP contribution >= 0.6 is 11.5 Å². The van der Waals surface area contributed by atoms with Crippen LogP contribution in [0.5, 0.6) is 0 Å². The van der Waals surface area contributed by atoms with E-state index in [1.165, 1.54) is 11.5 Å². The Kier molecular flexibility index (Phi) is 2.97. The minimum atomic E-state index is 0.655. The van der Waals surface area contributed by atoms with Crippen molar-refractivity contribution in [1.29, 1.82) is 0 Å². The summed E-state index contributed by atoms with van der Waals surface area (Å²) in [6.07, 6.45) is 7.09. The number of rotatable bonds is 4. The van der Waals surface area contributed by atoms with Crippen LogP contribution in [0.4, 0.5) is 5.69 Å². The van der Waals surface area contributed by atoms with Crippen LogP contribution < -0.4 is 5.32 Å². The molecule has 6 nitrogen and oxygen atoms in total. The highest BCUT2D eigenvalue weighted by molar-refractivity contribution is 7.03. The van der Waals surface area contributed by atoms with E-state index in [1.807, 2.05) is 28.3 Å². The Labute approximate surface area is 108 Å². The van der Waals surface area contributed by atoms with Gasteiger partial charge in [-0.2, -0.15) is 0 Å². The maximum absolute atomic E-state index is 4.35. The van der Waals surface area contributed by atoms with Crippen molar-refractivity contribution in [3.63, 3.8) is 0 Å². The van der Waals surface area contributed by atoms with E-state index in [4.69, 9.17) is 0 Å². The van der Waals surface area contributed by atoms with E-state index in [0.29, 0.717) is 6.54 Å². The predicted molar refractivity (Wildman–Crippen MR) is 68.6 cm³/mol. The molecule has 0 aromatic carbocycles. The first-order valence-electron chi connectivity index (χ1n) is 5.36. The van der Waals surface area contributed by atoms with E-state index in [-0.39, 0.29) is 0 Å². The Morgan fingerprint density at radius 2 is 2.33 bits per heavy atom. The number of pyridine rings is 1. The molecule has 0 fully saturated rings. The Balaban J connectivity index is 1.68. The zero-order chi connectivity index (χ0) is 12.2. The van der Waals surface area contributed by atoms with Gasteiger partial charge in [0.2, 0.25) is 0 Å². The molecule has 0 unspecified atom stereocenters. The number of hydrogen-bond donors (Lipinski definition) is 1. The Hall–Kier alpha value is -2.28. The molecule has 3 aromatic heterocycles. The fourth-order valence-electron chi connectivity index (χ4n) is 1.49. The van der Waals surface area contributed by atoms with Gasteiger partial charge in [-0.05, 0) is 23.7 Å². The summed E-state index contributed by atoms with van der Waals surface area (Å²) in [4.78, 5) is 8.33. The summed E-state index contributed by atoms with van der Waals surface area (Å²) in [5.74, 6) is 0.841. The molecule has 0 atom stereocenters. The molecule has 0 aliphatic rings. The van der Waals surface area contributed by atoms with Crippen LogP contribution in [0.15, 0.2) is 42.4 Å². The maximum atomic E-state index is 4.35. The fraction of sp³-hybridized carbons (Fsp3) is 0.0909. The van der Waals surface area contributed by atoms with Crippen molar-refractivity contribution < 1.29 is 0 Å². The number of aromatic nitrogens is 5. The molecule has 0 aliphatic heterocycles. The van der Waals surface area contributed by atoms with Crippen LogP contribution in [0.3, 0.4) is 0 Å². The molecule has 3 aromatic rings. The Morgan fingerprint density at radius 1 is 1.33 bits per heavy atom. The predicted octanol–water partition coefficient (Wildman–Crippen LogP) is 1.73. The van der Waals surface area contributed by atoms with Crippen LogP contribution in [-0.4, -0.2) is 24.1 Å². The van der Waals surface area contributed by atoms with Gasteiger partial charge in [0.1, 0.15) is 12.1 Å². The molecule has 0 saturated carbocycles. The van der Waals surface area contributed by atoms with Crippen LogP contribution in [0, 0.1) is 0 Å². The van der Waals surface area contributed by atoms with Crippen molar-refractivity contribution in [2.24, 2.45) is 0 Å². The largest absolute Gasteiger partial charge is 0.378 e. The molecular formula is C11H10N6S. The van der Waals surface area contributed by atoms with Gasteiger partial charge in [-0.1, -0.05) is 4.49 Å². The number of hydrogen-bond acceptors (Lipinski definition) is 6. The highest BCUT2D eigenvalue weighted by Crippen LogP contribution is 2.10.